The van der Waals surface area contributed by atoms with E-state index in [1.807, 2.05) is 35.5 Å². The van der Waals surface area contributed by atoms with E-state index in [1.165, 1.54) is 0 Å². The molecule has 6 nitrogen and oxygen atoms in total. The predicted molar refractivity (Wildman–Crippen MR) is 94.1 cm³/mol. The summed E-state index contributed by atoms with van der Waals surface area (Å²) in [7, 11) is 1.68. The maximum atomic E-state index is 13.3. The summed E-state index contributed by atoms with van der Waals surface area (Å²) in [5, 5.41) is 3.34. The monoisotopic (exact) mass is 340 g/mol. The molecule has 1 saturated heterocycles. The number of carbonyl (C=O) groups is 1. The van der Waals surface area contributed by atoms with Gasteiger partial charge in [0.05, 0.1) is 19.7 Å². The molecule has 2 aromatic rings. The number of aromatic nitrogens is 2. The highest BCUT2D eigenvalue weighted by molar-refractivity contribution is 5.79. The summed E-state index contributed by atoms with van der Waals surface area (Å²) in [6.07, 6.45) is 5.61. The van der Waals surface area contributed by atoms with Gasteiger partial charge in [-0.1, -0.05) is 18.2 Å². The lowest BCUT2D eigenvalue weighted by Gasteiger charge is -2.39. The van der Waals surface area contributed by atoms with Gasteiger partial charge in [-0.05, 0) is 32.0 Å². The van der Waals surface area contributed by atoms with E-state index < -0.39 is 0 Å². The Morgan fingerprint density at radius 2 is 2.08 bits per heavy atom. The third kappa shape index (κ3) is 3.02. The highest BCUT2D eigenvalue weighted by atomic mass is 16.5. The van der Waals surface area contributed by atoms with Crippen molar-refractivity contribution in [1.82, 2.24) is 19.8 Å². The number of fused-ring (bicyclic) bond motifs is 1. The highest BCUT2D eigenvalue weighted by Crippen LogP contribution is 2.36. The molecule has 1 atom stereocenters. The van der Waals surface area contributed by atoms with E-state index in [2.05, 4.69) is 20.9 Å². The van der Waals surface area contributed by atoms with Crippen LogP contribution in [0.15, 0.2) is 36.7 Å². The van der Waals surface area contributed by atoms with Gasteiger partial charge in [-0.3, -0.25) is 4.79 Å². The van der Waals surface area contributed by atoms with E-state index in [1.54, 1.807) is 7.11 Å². The molecule has 132 valence electrons. The third-order valence-electron chi connectivity index (χ3n) is 5.33. The minimum atomic E-state index is -0.0276. The summed E-state index contributed by atoms with van der Waals surface area (Å²) >= 11 is 0. The minimum Gasteiger partial charge on any atom is -0.496 e. The van der Waals surface area contributed by atoms with E-state index in [0.29, 0.717) is 13.1 Å². The van der Waals surface area contributed by atoms with Crippen LogP contribution in [0.4, 0.5) is 0 Å². The first-order valence-corrected chi connectivity index (χ1v) is 8.92. The zero-order chi connectivity index (χ0) is 17.2. The van der Waals surface area contributed by atoms with Gasteiger partial charge in [0.1, 0.15) is 11.6 Å². The number of carbonyl (C=O) groups excluding carboxylic acids is 1. The van der Waals surface area contributed by atoms with E-state index >= 15 is 0 Å². The fraction of sp³-hybridized carbons (Fsp3) is 0.474. The van der Waals surface area contributed by atoms with Gasteiger partial charge < -0.3 is 19.5 Å². The molecule has 1 N–H and O–H groups in total. The van der Waals surface area contributed by atoms with Crippen molar-refractivity contribution in [2.75, 3.05) is 20.2 Å². The smallest absolute Gasteiger partial charge is 0.226 e. The van der Waals surface area contributed by atoms with Crippen LogP contribution < -0.4 is 10.1 Å². The number of ether oxygens (including phenoxy) is 1. The van der Waals surface area contributed by atoms with Crippen LogP contribution >= 0.6 is 0 Å². The van der Waals surface area contributed by atoms with Crippen molar-refractivity contribution in [2.45, 2.75) is 32.0 Å². The first kappa shape index (κ1) is 16.1. The van der Waals surface area contributed by atoms with Crippen molar-refractivity contribution in [3.05, 3.63) is 48.0 Å². The molecule has 25 heavy (non-hydrogen) atoms. The minimum absolute atomic E-state index is 0.0276. The van der Waals surface area contributed by atoms with Crippen LogP contribution in [-0.4, -0.2) is 40.6 Å². The van der Waals surface area contributed by atoms with E-state index in [4.69, 9.17) is 4.74 Å². The second-order valence-electron chi connectivity index (χ2n) is 6.74. The number of para-hydroxylation sites is 1. The standard InChI is InChI=1S/C19H24N4O2/c1-25-17-5-3-2-4-15(17)16-12-22-11-10-21-18(22)13-23(16)19(24)14-6-8-20-9-7-14/h2-5,10-11,14,16,20H,6-9,12-13H2,1H3/t16-/m0/s1. The largest absolute Gasteiger partial charge is 0.496 e. The quantitative estimate of drug-likeness (QED) is 0.928. The van der Waals surface area contributed by atoms with Crippen molar-refractivity contribution in [3.8, 4) is 5.75 Å². The third-order valence-corrected chi connectivity index (χ3v) is 5.33. The summed E-state index contributed by atoms with van der Waals surface area (Å²) in [5.41, 5.74) is 1.06. The average Bonchev–Trinajstić information content (AvgIpc) is 3.14. The molecular formula is C19H24N4O2. The van der Waals surface area contributed by atoms with Crippen molar-refractivity contribution in [2.24, 2.45) is 5.92 Å². The number of nitrogens with zero attached hydrogens (tertiary/aromatic N) is 3. The Morgan fingerprint density at radius 3 is 2.88 bits per heavy atom. The van der Waals surface area contributed by atoms with Gasteiger partial charge in [0.2, 0.25) is 5.91 Å². The van der Waals surface area contributed by atoms with Gasteiger partial charge in [0, 0.05) is 30.4 Å². The molecule has 0 aliphatic carbocycles. The summed E-state index contributed by atoms with van der Waals surface area (Å²) in [5.74, 6) is 2.12. The molecule has 0 unspecified atom stereocenters. The zero-order valence-electron chi connectivity index (χ0n) is 14.5. The van der Waals surface area contributed by atoms with E-state index in [9.17, 15) is 4.79 Å². The normalized spacial score (nSPS) is 21.0. The van der Waals surface area contributed by atoms with Gasteiger partial charge in [-0.2, -0.15) is 0 Å². The molecule has 0 spiro atoms. The zero-order valence-corrected chi connectivity index (χ0v) is 14.5. The molecule has 2 aliphatic rings. The van der Waals surface area contributed by atoms with Crippen LogP contribution in [0, 0.1) is 5.92 Å². The lowest BCUT2D eigenvalue weighted by Crippen LogP contribution is -2.46. The molecule has 1 fully saturated rings. The van der Waals surface area contributed by atoms with Gasteiger partial charge in [0.15, 0.2) is 0 Å². The second-order valence-corrected chi connectivity index (χ2v) is 6.74. The van der Waals surface area contributed by atoms with Gasteiger partial charge in [0.25, 0.3) is 0 Å². The number of benzene rings is 1. The Bertz CT molecular complexity index is 751. The maximum absolute atomic E-state index is 13.3. The lowest BCUT2D eigenvalue weighted by molar-refractivity contribution is -0.141. The molecule has 2 aliphatic heterocycles. The maximum Gasteiger partial charge on any atom is 0.226 e. The van der Waals surface area contributed by atoms with Crippen LogP contribution in [0.25, 0.3) is 0 Å². The number of imidazole rings is 1. The Kier molecular flexibility index (Phi) is 4.44. The average molecular weight is 340 g/mol. The van der Waals surface area contributed by atoms with Crippen molar-refractivity contribution in [1.29, 1.82) is 0 Å². The molecule has 0 bridgehead atoms. The van der Waals surface area contributed by atoms with Gasteiger partial charge in [-0.25, -0.2) is 4.98 Å². The van der Waals surface area contributed by atoms with Crippen LogP contribution in [0.5, 0.6) is 5.75 Å². The Labute approximate surface area is 147 Å². The summed E-state index contributed by atoms with van der Waals surface area (Å²) < 4.78 is 7.71. The molecule has 4 rings (SSSR count). The fourth-order valence-corrected chi connectivity index (χ4v) is 3.95. The number of amides is 1. The Hall–Kier alpha value is -2.34. The molecule has 3 heterocycles. The molecular weight excluding hydrogens is 316 g/mol. The van der Waals surface area contributed by atoms with Crippen LogP contribution in [-0.2, 0) is 17.9 Å². The van der Waals surface area contributed by atoms with Crippen LogP contribution in [0.1, 0.15) is 30.3 Å². The molecule has 1 aromatic heterocycles. The molecule has 6 heteroatoms. The lowest BCUT2D eigenvalue weighted by atomic mass is 9.93. The molecule has 0 saturated carbocycles. The number of rotatable bonds is 3. The van der Waals surface area contributed by atoms with Crippen LogP contribution in [0.3, 0.4) is 0 Å². The van der Waals surface area contributed by atoms with Crippen LogP contribution in [0.2, 0.25) is 0 Å². The van der Waals surface area contributed by atoms with Crippen molar-refractivity contribution >= 4 is 5.91 Å². The summed E-state index contributed by atoms with van der Waals surface area (Å²) in [6.45, 7) is 3.10. The SMILES string of the molecule is COc1ccccc1[C@@H]1Cn2ccnc2CN1C(=O)C1CCNCC1. The first-order valence-electron chi connectivity index (χ1n) is 8.92. The first-order chi connectivity index (χ1) is 12.3. The number of hydrogen-bond donors (Lipinski definition) is 1. The number of methoxy groups -OCH3 is 1. The molecule has 1 amide bonds. The van der Waals surface area contributed by atoms with Crippen molar-refractivity contribution < 1.29 is 9.53 Å². The second kappa shape index (κ2) is 6.88. The predicted octanol–water partition coefficient (Wildman–Crippen LogP) is 1.97. The fourth-order valence-electron chi connectivity index (χ4n) is 3.95. The van der Waals surface area contributed by atoms with Gasteiger partial charge >= 0.3 is 0 Å². The van der Waals surface area contributed by atoms with E-state index in [0.717, 1.165) is 43.1 Å². The molecule has 0 radical (unpaired) electrons. The van der Waals surface area contributed by atoms with E-state index in [-0.39, 0.29) is 17.9 Å². The van der Waals surface area contributed by atoms with Gasteiger partial charge in [-0.15, -0.1) is 0 Å². The Balaban J connectivity index is 1.69. The number of hydrogen-bond acceptors (Lipinski definition) is 4. The summed E-state index contributed by atoms with van der Waals surface area (Å²) in [6, 6.07) is 7.97. The topological polar surface area (TPSA) is 59.4 Å². The van der Waals surface area contributed by atoms with Crippen molar-refractivity contribution in [3.63, 3.8) is 0 Å². The summed E-state index contributed by atoms with van der Waals surface area (Å²) in [4.78, 5) is 19.7. The molecule has 1 aromatic carbocycles. The Morgan fingerprint density at radius 1 is 1.28 bits per heavy atom. The number of nitrogens with one attached hydrogen (secondary N) is 1. The highest BCUT2D eigenvalue weighted by Gasteiger charge is 2.36. The number of piperidine rings is 1.